The van der Waals surface area contributed by atoms with Crippen molar-refractivity contribution in [2.75, 3.05) is 0 Å². The Morgan fingerprint density at radius 1 is 1.38 bits per heavy atom. The predicted molar refractivity (Wildman–Crippen MR) is 89.3 cm³/mol. The second-order valence-corrected chi connectivity index (χ2v) is 7.86. The minimum atomic E-state index is -1.33. The summed E-state index contributed by atoms with van der Waals surface area (Å²) in [6.07, 6.45) is 4.32. The Hall–Kier alpha value is -1.83. The minimum Gasteiger partial charge on any atom is -0.508 e. The highest BCUT2D eigenvalue weighted by Crippen LogP contribution is 2.63. The van der Waals surface area contributed by atoms with Gasteiger partial charge in [-0.15, -0.1) is 0 Å². The smallest absolute Gasteiger partial charge is 0.115 e. The molecule has 4 heteroatoms. The van der Waals surface area contributed by atoms with E-state index in [1.54, 1.807) is 6.07 Å². The van der Waals surface area contributed by atoms with Gasteiger partial charge in [-0.25, -0.2) is 0 Å². The van der Waals surface area contributed by atoms with E-state index >= 15 is 0 Å². The highest BCUT2D eigenvalue weighted by atomic mass is 16.3. The Labute approximate surface area is 142 Å². The van der Waals surface area contributed by atoms with Crippen LogP contribution in [0.2, 0.25) is 0 Å². The van der Waals surface area contributed by atoms with Gasteiger partial charge in [0.1, 0.15) is 11.4 Å². The Morgan fingerprint density at radius 2 is 2.17 bits per heavy atom. The van der Waals surface area contributed by atoms with Gasteiger partial charge < -0.3 is 15.3 Å². The Balaban J connectivity index is 1.75. The summed E-state index contributed by atoms with van der Waals surface area (Å²) in [5.41, 5.74) is 1.94. The van der Waals surface area contributed by atoms with E-state index < -0.39 is 17.1 Å². The van der Waals surface area contributed by atoms with E-state index in [4.69, 9.17) is 5.26 Å². The van der Waals surface area contributed by atoms with Gasteiger partial charge in [0.05, 0.1) is 18.6 Å². The number of nitrogens with zero attached hydrogens (tertiary/aromatic N) is 1. The number of aliphatic hydroxyl groups excluding tert-OH is 1. The molecule has 1 aromatic rings. The monoisotopic (exact) mass is 325 g/mol. The molecule has 0 aliphatic heterocycles. The van der Waals surface area contributed by atoms with Crippen molar-refractivity contribution in [3.63, 3.8) is 0 Å². The molecule has 4 nitrogen and oxygen atoms in total. The van der Waals surface area contributed by atoms with Crippen molar-refractivity contribution in [1.82, 2.24) is 0 Å². The van der Waals surface area contributed by atoms with E-state index in [-0.39, 0.29) is 12.3 Å². The van der Waals surface area contributed by atoms with Gasteiger partial charge in [-0.05, 0) is 54.9 Å². The topological polar surface area (TPSA) is 84.5 Å². The van der Waals surface area contributed by atoms with Gasteiger partial charge in [0, 0.05) is 11.3 Å². The number of aliphatic hydroxyl groups is 2. The zero-order valence-electron chi connectivity index (χ0n) is 13.9. The second-order valence-electron chi connectivity index (χ2n) is 7.86. The van der Waals surface area contributed by atoms with Crippen LogP contribution in [0.4, 0.5) is 0 Å². The fourth-order valence-corrected chi connectivity index (χ4v) is 5.51. The van der Waals surface area contributed by atoms with Crippen LogP contribution < -0.4 is 0 Å². The fraction of sp³-hybridized carbons (Fsp3) is 0.550. The number of fused-ring (bicyclic) bond motifs is 5. The van der Waals surface area contributed by atoms with Crippen LogP contribution in [0.25, 0.3) is 0 Å². The second kappa shape index (κ2) is 5.08. The number of aromatic hydroxyl groups is 1. The molecule has 0 spiro atoms. The predicted octanol–water partition coefficient (Wildman–Crippen LogP) is 2.78. The number of nitriles is 1. The molecule has 3 N–H and O–H groups in total. The molecule has 0 radical (unpaired) electrons. The molecular formula is C20H23NO3. The van der Waals surface area contributed by atoms with Gasteiger partial charge in [0.2, 0.25) is 0 Å². The van der Waals surface area contributed by atoms with E-state index in [1.165, 1.54) is 11.1 Å². The van der Waals surface area contributed by atoms with E-state index in [0.29, 0.717) is 18.1 Å². The molecule has 3 aliphatic carbocycles. The van der Waals surface area contributed by atoms with Crippen LogP contribution >= 0.6 is 0 Å². The molecule has 0 bridgehead atoms. The molecule has 0 saturated heterocycles. The van der Waals surface area contributed by atoms with Gasteiger partial charge in [-0.3, -0.25) is 0 Å². The first-order valence-electron chi connectivity index (χ1n) is 8.70. The standard InChI is InChI=1S/C20H23NO3/c1-19-7-6-15-14-5-3-13(22)10-12(14)2-4-16(15)17(19)11-18(23)20(19,24)8-9-21/h3-5,10,15,17-18,22-24H,2,6-8,11H2,1H3/t15-,17+,18-,19+,20+/m1/s1. The van der Waals surface area contributed by atoms with Crippen LogP contribution in [0, 0.1) is 22.7 Å². The van der Waals surface area contributed by atoms with E-state index in [9.17, 15) is 15.3 Å². The molecular weight excluding hydrogens is 302 g/mol. The molecule has 4 rings (SSSR count). The van der Waals surface area contributed by atoms with E-state index in [0.717, 1.165) is 24.8 Å². The third-order valence-electron chi connectivity index (χ3n) is 6.93. The summed E-state index contributed by atoms with van der Waals surface area (Å²) < 4.78 is 0. The fourth-order valence-electron chi connectivity index (χ4n) is 5.51. The third-order valence-corrected chi connectivity index (χ3v) is 6.93. The Morgan fingerprint density at radius 3 is 2.92 bits per heavy atom. The number of phenolic OH excluding ortho intramolecular Hbond substituents is 1. The van der Waals surface area contributed by atoms with Crippen LogP contribution in [0.5, 0.6) is 5.75 Å². The lowest BCUT2D eigenvalue weighted by Crippen LogP contribution is -2.52. The average Bonchev–Trinajstić information content (AvgIpc) is 2.75. The molecule has 0 amide bonds. The van der Waals surface area contributed by atoms with Crippen LogP contribution in [0.1, 0.15) is 49.7 Å². The van der Waals surface area contributed by atoms with Crippen LogP contribution in [-0.2, 0) is 6.42 Å². The Bertz CT molecular complexity index is 765. The summed E-state index contributed by atoms with van der Waals surface area (Å²) in [4.78, 5) is 0. The van der Waals surface area contributed by atoms with Crippen molar-refractivity contribution in [3.8, 4) is 11.8 Å². The molecule has 0 unspecified atom stereocenters. The number of allylic oxidation sites excluding steroid dienone is 2. The summed E-state index contributed by atoms with van der Waals surface area (Å²) in [7, 11) is 0. The van der Waals surface area contributed by atoms with Crippen molar-refractivity contribution >= 4 is 0 Å². The van der Waals surface area contributed by atoms with Crippen LogP contribution in [0.15, 0.2) is 29.8 Å². The molecule has 5 atom stereocenters. The summed E-state index contributed by atoms with van der Waals surface area (Å²) in [5, 5.41) is 40.5. The average molecular weight is 325 g/mol. The van der Waals surface area contributed by atoms with Crippen LogP contribution in [-0.4, -0.2) is 27.0 Å². The molecule has 3 aliphatic rings. The molecule has 0 aromatic heterocycles. The quantitative estimate of drug-likeness (QED) is 0.693. The number of rotatable bonds is 1. The van der Waals surface area contributed by atoms with Crippen molar-refractivity contribution in [3.05, 3.63) is 41.0 Å². The largest absolute Gasteiger partial charge is 0.508 e. The minimum absolute atomic E-state index is 0.0242. The molecule has 2 saturated carbocycles. The maximum Gasteiger partial charge on any atom is 0.115 e. The van der Waals surface area contributed by atoms with Crippen molar-refractivity contribution in [1.29, 1.82) is 5.26 Å². The zero-order chi connectivity index (χ0) is 17.1. The normalized spacial score (nSPS) is 40.1. The molecule has 24 heavy (non-hydrogen) atoms. The lowest BCUT2D eigenvalue weighted by Gasteiger charge is -2.49. The summed E-state index contributed by atoms with van der Waals surface area (Å²) in [6, 6.07) is 7.67. The van der Waals surface area contributed by atoms with Crippen molar-refractivity contribution in [2.24, 2.45) is 11.3 Å². The number of benzene rings is 1. The van der Waals surface area contributed by atoms with Gasteiger partial charge in [-0.2, -0.15) is 5.26 Å². The highest BCUT2D eigenvalue weighted by Gasteiger charge is 2.64. The molecule has 126 valence electrons. The van der Waals surface area contributed by atoms with Crippen LogP contribution in [0.3, 0.4) is 0 Å². The molecule has 1 aromatic carbocycles. The maximum absolute atomic E-state index is 11.1. The number of hydrogen-bond acceptors (Lipinski definition) is 4. The first kappa shape index (κ1) is 15.7. The Kier molecular flexibility index (Phi) is 3.32. The summed E-state index contributed by atoms with van der Waals surface area (Å²) in [5.74, 6) is 0.696. The maximum atomic E-state index is 11.1. The van der Waals surface area contributed by atoms with Gasteiger partial charge in [-0.1, -0.05) is 24.6 Å². The lowest BCUT2D eigenvalue weighted by atomic mass is 9.56. The van der Waals surface area contributed by atoms with Gasteiger partial charge in [0.25, 0.3) is 0 Å². The summed E-state index contributed by atoms with van der Waals surface area (Å²) in [6.45, 7) is 2.04. The van der Waals surface area contributed by atoms with Gasteiger partial charge >= 0.3 is 0 Å². The zero-order valence-corrected chi connectivity index (χ0v) is 13.9. The van der Waals surface area contributed by atoms with Crippen molar-refractivity contribution < 1.29 is 15.3 Å². The van der Waals surface area contributed by atoms with E-state index in [2.05, 4.69) is 12.1 Å². The third kappa shape index (κ3) is 1.86. The summed E-state index contributed by atoms with van der Waals surface area (Å²) >= 11 is 0. The van der Waals surface area contributed by atoms with E-state index in [1.807, 2.05) is 19.1 Å². The first-order valence-corrected chi connectivity index (χ1v) is 8.70. The highest BCUT2D eigenvalue weighted by molar-refractivity contribution is 5.47. The van der Waals surface area contributed by atoms with Gasteiger partial charge in [0.15, 0.2) is 0 Å². The van der Waals surface area contributed by atoms with Crippen molar-refractivity contribution in [2.45, 2.75) is 56.7 Å². The molecule has 2 fully saturated rings. The number of phenols is 1. The SMILES string of the molecule is C[C@]12CC[C@H]3C(=CCc4cc(O)ccc43)[C@@H]1C[C@@H](O)[C@@]2(O)CC#N. The number of hydrogen-bond donors (Lipinski definition) is 3. The molecule has 0 heterocycles. The lowest BCUT2D eigenvalue weighted by molar-refractivity contribution is -0.125. The first-order chi connectivity index (χ1) is 11.4.